The number of benzene rings is 1. The van der Waals surface area contributed by atoms with E-state index in [1.807, 2.05) is 12.1 Å². The average molecular weight is 270 g/mol. The van der Waals surface area contributed by atoms with E-state index in [4.69, 9.17) is 9.72 Å². The minimum Gasteiger partial charge on any atom is -0.494 e. The lowest BCUT2D eigenvalue weighted by atomic mass is 10.1. The summed E-state index contributed by atoms with van der Waals surface area (Å²) in [6.07, 6.45) is 1.33. The van der Waals surface area contributed by atoms with E-state index in [2.05, 4.69) is 37.4 Å². The Morgan fingerprint density at radius 1 is 1.30 bits per heavy atom. The van der Waals surface area contributed by atoms with Crippen molar-refractivity contribution in [3.8, 4) is 5.75 Å². The van der Waals surface area contributed by atoms with Gasteiger partial charge in [0, 0.05) is 11.9 Å². The van der Waals surface area contributed by atoms with E-state index >= 15 is 0 Å². The van der Waals surface area contributed by atoms with Gasteiger partial charge in [0.25, 0.3) is 0 Å². The highest BCUT2D eigenvalue weighted by Gasteiger charge is 2.44. The van der Waals surface area contributed by atoms with Crippen LogP contribution in [0.25, 0.3) is 10.9 Å². The zero-order valence-electron chi connectivity index (χ0n) is 12.4. The van der Waals surface area contributed by atoms with E-state index in [0.717, 1.165) is 41.4 Å². The summed E-state index contributed by atoms with van der Waals surface area (Å²) in [6, 6.07) is 10.2. The van der Waals surface area contributed by atoms with Gasteiger partial charge in [-0.3, -0.25) is 0 Å². The molecule has 0 bridgehead atoms. The van der Waals surface area contributed by atoms with Gasteiger partial charge in [-0.05, 0) is 36.4 Å². The minimum absolute atomic E-state index is 0.535. The van der Waals surface area contributed by atoms with Crippen molar-refractivity contribution >= 4 is 10.9 Å². The van der Waals surface area contributed by atoms with E-state index in [1.165, 1.54) is 6.42 Å². The normalized spacial score (nSPS) is 20.1. The predicted octanol–water partition coefficient (Wildman–Crippen LogP) is 3.38. The number of hydrogen-bond acceptors (Lipinski definition) is 3. The Labute approximate surface area is 120 Å². The maximum absolute atomic E-state index is 5.38. The van der Waals surface area contributed by atoms with Gasteiger partial charge in [-0.1, -0.05) is 32.0 Å². The largest absolute Gasteiger partial charge is 0.494 e. The van der Waals surface area contributed by atoms with Gasteiger partial charge in [0.1, 0.15) is 11.3 Å². The van der Waals surface area contributed by atoms with Crippen molar-refractivity contribution in [2.75, 3.05) is 13.7 Å². The summed E-state index contributed by atoms with van der Waals surface area (Å²) in [5.74, 6) is 1.66. The molecule has 0 spiro atoms. The van der Waals surface area contributed by atoms with Gasteiger partial charge in [0.05, 0.1) is 12.8 Å². The molecule has 1 aromatic carbocycles. The second kappa shape index (κ2) is 5.06. The number of ether oxygens (including phenoxy) is 1. The molecule has 1 heterocycles. The molecule has 0 radical (unpaired) electrons. The van der Waals surface area contributed by atoms with Crippen molar-refractivity contribution in [3.05, 3.63) is 36.0 Å². The van der Waals surface area contributed by atoms with Gasteiger partial charge < -0.3 is 10.1 Å². The smallest absolute Gasteiger partial charge is 0.145 e. The maximum atomic E-state index is 5.38. The first-order valence-corrected chi connectivity index (χ1v) is 7.23. The predicted molar refractivity (Wildman–Crippen MR) is 81.9 cm³/mol. The highest BCUT2D eigenvalue weighted by molar-refractivity contribution is 5.84. The van der Waals surface area contributed by atoms with Crippen molar-refractivity contribution in [2.24, 2.45) is 11.3 Å². The van der Waals surface area contributed by atoms with Crippen molar-refractivity contribution in [1.29, 1.82) is 0 Å². The standard InChI is InChI=1S/C17H22N2O/c1-17(2)9-13(17)10-18-11-14-8-7-12-5-4-6-15(20-3)16(12)19-14/h4-8,13,18H,9-11H2,1-3H3. The van der Waals surface area contributed by atoms with E-state index in [-0.39, 0.29) is 0 Å². The zero-order chi connectivity index (χ0) is 14.2. The summed E-state index contributed by atoms with van der Waals surface area (Å²) in [6.45, 7) is 6.57. The summed E-state index contributed by atoms with van der Waals surface area (Å²) in [4.78, 5) is 4.71. The third-order valence-corrected chi connectivity index (χ3v) is 4.38. The van der Waals surface area contributed by atoms with E-state index in [0.29, 0.717) is 5.41 Å². The summed E-state index contributed by atoms with van der Waals surface area (Å²) in [5.41, 5.74) is 2.55. The molecule has 1 aliphatic carbocycles. The molecule has 3 rings (SSSR count). The second-order valence-electron chi connectivity index (χ2n) is 6.36. The van der Waals surface area contributed by atoms with Crippen LogP contribution in [0.4, 0.5) is 0 Å². The first-order chi connectivity index (χ1) is 9.60. The monoisotopic (exact) mass is 270 g/mol. The molecule has 1 saturated carbocycles. The molecule has 3 heteroatoms. The van der Waals surface area contributed by atoms with Crippen LogP contribution in [0, 0.1) is 11.3 Å². The highest BCUT2D eigenvalue weighted by atomic mass is 16.5. The van der Waals surface area contributed by atoms with Crippen molar-refractivity contribution in [2.45, 2.75) is 26.8 Å². The number of pyridine rings is 1. The molecule has 106 valence electrons. The van der Waals surface area contributed by atoms with Crippen LogP contribution < -0.4 is 10.1 Å². The van der Waals surface area contributed by atoms with Gasteiger partial charge in [0.2, 0.25) is 0 Å². The van der Waals surface area contributed by atoms with Crippen molar-refractivity contribution in [3.63, 3.8) is 0 Å². The molecule has 1 atom stereocenters. The van der Waals surface area contributed by atoms with Gasteiger partial charge >= 0.3 is 0 Å². The quantitative estimate of drug-likeness (QED) is 0.904. The van der Waals surface area contributed by atoms with Crippen LogP contribution in [-0.2, 0) is 6.54 Å². The Bertz CT molecular complexity index is 621. The summed E-state index contributed by atoms with van der Waals surface area (Å²) in [7, 11) is 1.69. The van der Waals surface area contributed by atoms with Crippen LogP contribution in [0.15, 0.2) is 30.3 Å². The Kier molecular flexibility index (Phi) is 3.38. The Morgan fingerprint density at radius 3 is 2.80 bits per heavy atom. The lowest BCUT2D eigenvalue weighted by Gasteiger charge is -2.08. The number of nitrogens with one attached hydrogen (secondary N) is 1. The highest BCUT2D eigenvalue weighted by Crippen LogP contribution is 2.50. The molecule has 3 nitrogen and oxygen atoms in total. The molecule has 0 amide bonds. The van der Waals surface area contributed by atoms with Crippen molar-refractivity contribution in [1.82, 2.24) is 10.3 Å². The molecule has 0 aliphatic heterocycles. The SMILES string of the molecule is COc1cccc2ccc(CNCC3CC3(C)C)nc12. The topological polar surface area (TPSA) is 34.1 Å². The molecule has 1 fully saturated rings. The fourth-order valence-corrected chi connectivity index (χ4v) is 2.72. The number of fused-ring (bicyclic) bond motifs is 1. The number of rotatable bonds is 5. The Balaban J connectivity index is 1.69. The first kappa shape index (κ1) is 13.4. The third-order valence-electron chi connectivity index (χ3n) is 4.38. The van der Waals surface area contributed by atoms with E-state index < -0.39 is 0 Å². The second-order valence-corrected chi connectivity index (χ2v) is 6.36. The summed E-state index contributed by atoms with van der Waals surface area (Å²) >= 11 is 0. The number of nitrogens with zero attached hydrogens (tertiary/aromatic N) is 1. The molecule has 1 aromatic heterocycles. The fraction of sp³-hybridized carbons (Fsp3) is 0.471. The van der Waals surface area contributed by atoms with Crippen LogP contribution in [0.3, 0.4) is 0 Å². The van der Waals surface area contributed by atoms with Crippen LogP contribution in [0.2, 0.25) is 0 Å². The first-order valence-electron chi connectivity index (χ1n) is 7.23. The zero-order valence-corrected chi connectivity index (χ0v) is 12.4. The maximum Gasteiger partial charge on any atom is 0.145 e. The molecule has 1 aliphatic rings. The molecule has 20 heavy (non-hydrogen) atoms. The Morgan fingerprint density at radius 2 is 2.10 bits per heavy atom. The molecular formula is C17H22N2O. The fourth-order valence-electron chi connectivity index (χ4n) is 2.72. The van der Waals surface area contributed by atoms with Crippen LogP contribution in [0.5, 0.6) is 5.75 Å². The summed E-state index contributed by atoms with van der Waals surface area (Å²) in [5, 5.41) is 4.64. The average Bonchev–Trinajstić information content (AvgIpc) is 3.05. The third kappa shape index (κ3) is 2.63. The molecule has 1 N–H and O–H groups in total. The van der Waals surface area contributed by atoms with Gasteiger partial charge in [0.15, 0.2) is 0 Å². The molecule has 0 saturated heterocycles. The number of aromatic nitrogens is 1. The van der Waals surface area contributed by atoms with Crippen LogP contribution in [-0.4, -0.2) is 18.6 Å². The lowest BCUT2D eigenvalue weighted by Crippen LogP contribution is -2.18. The van der Waals surface area contributed by atoms with E-state index in [9.17, 15) is 0 Å². The van der Waals surface area contributed by atoms with Crippen LogP contribution in [0.1, 0.15) is 26.0 Å². The Hall–Kier alpha value is -1.61. The van der Waals surface area contributed by atoms with E-state index in [1.54, 1.807) is 7.11 Å². The summed E-state index contributed by atoms with van der Waals surface area (Å²) < 4.78 is 5.38. The molecule has 2 aromatic rings. The number of methoxy groups -OCH3 is 1. The molecular weight excluding hydrogens is 248 g/mol. The molecule has 1 unspecified atom stereocenters. The van der Waals surface area contributed by atoms with Gasteiger partial charge in [-0.2, -0.15) is 0 Å². The number of para-hydroxylation sites is 1. The van der Waals surface area contributed by atoms with Gasteiger partial charge in [-0.15, -0.1) is 0 Å². The lowest BCUT2D eigenvalue weighted by molar-refractivity contribution is 0.418. The minimum atomic E-state index is 0.535. The number of hydrogen-bond donors (Lipinski definition) is 1. The van der Waals surface area contributed by atoms with Crippen LogP contribution >= 0.6 is 0 Å². The van der Waals surface area contributed by atoms with Crippen molar-refractivity contribution < 1.29 is 4.74 Å². The van der Waals surface area contributed by atoms with Gasteiger partial charge in [-0.25, -0.2) is 4.98 Å².